The molecule has 5 rings (SSSR count). The molecule has 1 aromatic heterocycles. The normalized spacial score (nSPS) is 20.6. The number of thiazole rings is 1. The summed E-state index contributed by atoms with van der Waals surface area (Å²) in [4.78, 5) is 74.0. The lowest BCUT2D eigenvalue weighted by Crippen LogP contribution is -2.63. The van der Waals surface area contributed by atoms with Gasteiger partial charge in [-0.3, -0.25) is 19.3 Å². The molecule has 4 heterocycles. The van der Waals surface area contributed by atoms with E-state index < -0.39 is 52.6 Å². The number of phenols is 1. The number of amides is 2. The van der Waals surface area contributed by atoms with Crippen molar-refractivity contribution in [2.75, 3.05) is 44.2 Å². The van der Waals surface area contributed by atoms with E-state index in [9.17, 15) is 39.3 Å². The molecule has 3 aliphatic rings. The highest BCUT2D eigenvalue weighted by molar-refractivity contribution is 8.00. The molecule has 2 fully saturated rings. The van der Waals surface area contributed by atoms with E-state index in [-0.39, 0.29) is 50.2 Å². The van der Waals surface area contributed by atoms with Gasteiger partial charge in [-0.2, -0.15) is 0 Å². The molecule has 0 radical (unpaired) electrons. The van der Waals surface area contributed by atoms with Crippen molar-refractivity contribution in [1.82, 2.24) is 15.2 Å². The number of ketones is 1. The van der Waals surface area contributed by atoms with Crippen molar-refractivity contribution in [3.05, 3.63) is 49.6 Å². The lowest BCUT2D eigenvalue weighted by molar-refractivity contribution is -0.911. The number of hydrogen-bond acceptors (Lipinski definition) is 12. The molecular weight excluding hydrogens is 735 g/mol. The second-order valence-corrected chi connectivity index (χ2v) is 15.4. The number of carboxylic acid groups (broad SMARTS) is 2. The Kier molecular flexibility index (Phi) is 11.3. The Hall–Kier alpha value is -3.90. The predicted molar refractivity (Wildman–Crippen MR) is 186 cm³/mol. The summed E-state index contributed by atoms with van der Waals surface area (Å²) in [5.74, 6) is -5.01. The lowest BCUT2D eigenvalue weighted by Gasteiger charge is -2.50. The highest BCUT2D eigenvalue weighted by Gasteiger charge is 2.55. The summed E-state index contributed by atoms with van der Waals surface area (Å²) in [5.41, 5.74) is 6.40. The number of quaternary nitrogens is 1. The molecule has 0 saturated carbocycles. The van der Waals surface area contributed by atoms with Gasteiger partial charge >= 0.3 is 11.9 Å². The number of Topliss-reactive ketones (excluding diaryl/α,β-unsaturated/α-hetero) is 1. The van der Waals surface area contributed by atoms with Gasteiger partial charge in [-0.1, -0.05) is 45.8 Å². The number of hydrogen-bond donors (Lipinski definition) is 5. The standard InChI is InChI=1S/C31H34Cl2N6O9S2/c1-14-5-6-17(20(32)24(14)41)26(42)35-7-10-39(8-3-4-9-39)12-16-13-49-28-18(27(43)38(28)23(16)30(46)47)11-19(40)21(37-48-15(2)29(44)45)22-25(33)50-31(34)36-22/h5-6,15,18,28H,3-4,7-13H2,1-2H3,(H5-,34,35,36,41,42,44,45,46,47)/p+1/b37-21+/t15-,18+,28+/m0/s1. The van der Waals surface area contributed by atoms with Gasteiger partial charge in [0.25, 0.3) is 5.91 Å². The fourth-order valence-electron chi connectivity index (χ4n) is 6.31. The van der Waals surface area contributed by atoms with Gasteiger partial charge < -0.3 is 35.7 Å². The molecule has 0 unspecified atom stereocenters. The van der Waals surface area contributed by atoms with Crippen molar-refractivity contribution in [3.8, 4) is 5.75 Å². The molecule has 0 spiro atoms. The number of phenolic OH excluding ortho intramolecular Hbond substituents is 1. The number of nitrogens with zero attached hydrogens (tertiary/aromatic N) is 4. The van der Waals surface area contributed by atoms with Crippen LogP contribution in [-0.4, -0.2) is 115 Å². The van der Waals surface area contributed by atoms with Gasteiger partial charge in [0.05, 0.1) is 48.1 Å². The molecule has 268 valence electrons. The molecule has 15 nitrogen and oxygen atoms in total. The second kappa shape index (κ2) is 15.1. The van der Waals surface area contributed by atoms with E-state index in [1.807, 2.05) is 0 Å². The minimum absolute atomic E-state index is 0.0206. The third kappa shape index (κ3) is 7.56. The van der Waals surface area contributed by atoms with Gasteiger partial charge in [-0.15, -0.1) is 11.8 Å². The predicted octanol–water partition coefficient (Wildman–Crippen LogP) is 3.11. The molecule has 2 aromatic rings. The van der Waals surface area contributed by atoms with Gasteiger partial charge in [-0.25, -0.2) is 14.6 Å². The Morgan fingerprint density at radius 2 is 1.92 bits per heavy atom. The maximum absolute atomic E-state index is 13.5. The zero-order valence-electron chi connectivity index (χ0n) is 27.0. The Balaban J connectivity index is 1.30. The number of carbonyl (C=O) groups excluding carboxylic acids is 3. The summed E-state index contributed by atoms with van der Waals surface area (Å²) in [6.07, 6.45) is 0.0483. The Labute approximate surface area is 304 Å². The minimum atomic E-state index is -1.40. The Morgan fingerprint density at radius 3 is 2.54 bits per heavy atom. The van der Waals surface area contributed by atoms with Crippen molar-refractivity contribution >= 4 is 86.7 Å². The number of rotatable bonds is 14. The van der Waals surface area contributed by atoms with Crippen LogP contribution in [0.1, 0.15) is 47.8 Å². The Morgan fingerprint density at radius 1 is 1.22 bits per heavy atom. The van der Waals surface area contributed by atoms with Crippen LogP contribution in [0.5, 0.6) is 5.75 Å². The number of nitrogens with two attached hydrogens (primary N) is 1. The van der Waals surface area contributed by atoms with E-state index in [1.165, 1.54) is 23.6 Å². The smallest absolute Gasteiger partial charge is 0.352 e. The first-order valence-corrected chi connectivity index (χ1v) is 18.2. The van der Waals surface area contributed by atoms with Crippen LogP contribution in [0.15, 0.2) is 28.6 Å². The molecule has 6 N–H and O–H groups in total. The van der Waals surface area contributed by atoms with Crippen LogP contribution < -0.4 is 11.1 Å². The quantitative estimate of drug-likeness (QED) is 0.0810. The number of aromatic nitrogens is 1. The summed E-state index contributed by atoms with van der Waals surface area (Å²) in [6.45, 7) is 5.54. The SMILES string of the molecule is Cc1ccc(C(=O)NCC[N+]2(CC3=C(C(=O)O)N4C(=O)[C@@H](CC(=O)/C(=N\O[C@@H](C)C(=O)O)c5nc(N)sc5Cl)[C@H]4SC3)CCCC2)c(Cl)c1O. The number of aromatic hydroxyl groups is 1. The number of nitrogen functional groups attached to an aromatic ring is 1. The lowest BCUT2D eigenvalue weighted by atomic mass is 9.89. The van der Waals surface area contributed by atoms with Crippen LogP contribution in [0.2, 0.25) is 9.36 Å². The number of carbonyl (C=O) groups is 5. The highest BCUT2D eigenvalue weighted by atomic mass is 35.5. The summed E-state index contributed by atoms with van der Waals surface area (Å²) in [6, 6.07) is 3.15. The molecular formula is C31H35Cl2N6O9S2+. The molecule has 2 saturated heterocycles. The van der Waals surface area contributed by atoms with E-state index >= 15 is 0 Å². The fraction of sp³-hybridized carbons (Fsp3) is 0.452. The van der Waals surface area contributed by atoms with Gasteiger partial charge in [0, 0.05) is 30.6 Å². The van der Waals surface area contributed by atoms with E-state index in [0.29, 0.717) is 34.5 Å². The monoisotopic (exact) mass is 769 g/mol. The number of halogens is 2. The van der Waals surface area contributed by atoms with Gasteiger partial charge in [0.15, 0.2) is 16.6 Å². The van der Waals surface area contributed by atoms with Crippen molar-refractivity contribution in [1.29, 1.82) is 0 Å². The van der Waals surface area contributed by atoms with Gasteiger partial charge in [0.2, 0.25) is 12.0 Å². The average molecular weight is 771 g/mol. The zero-order valence-corrected chi connectivity index (χ0v) is 30.1. The number of aryl methyl sites for hydroxylation is 1. The number of nitrogens with one attached hydrogen (secondary N) is 1. The van der Waals surface area contributed by atoms with E-state index in [1.54, 1.807) is 19.1 Å². The molecule has 3 atom stereocenters. The number of fused-ring (bicyclic) bond motifs is 1. The summed E-state index contributed by atoms with van der Waals surface area (Å²) < 4.78 is 0.535. The van der Waals surface area contributed by atoms with Crippen LogP contribution in [0.3, 0.4) is 0 Å². The molecule has 50 heavy (non-hydrogen) atoms. The first-order valence-electron chi connectivity index (χ1n) is 15.6. The summed E-state index contributed by atoms with van der Waals surface area (Å²) in [5, 5.41) is 35.6. The largest absolute Gasteiger partial charge is 0.506 e. The number of β-lactam (4-membered cyclic amide) rings is 1. The number of anilines is 1. The zero-order chi connectivity index (χ0) is 36.5. The van der Waals surface area contributed by atoms with Crippen molar-refractivity contribution in [2.45, 2.75) is 44.6 Å². The Bertz CT molecular complexity index is 1810. The maximum Gasteiger partial charge on any atom is 0.352 e. The number of oxime groups is 1. The number of likely N-dealkylation sites (tertiary alicyclic amines) is 1. The minimum Gasteiger partial charge on any atom is -0.506 e. The van der Waals surface area contributed by atoms with Crippen LogP contribution in [0.25, 0.3) is 0 Å². The molecule has 0 aliphatic carbocycles. The first kappa shape index (κ1) is 37.4. The molecule has 19 heteroatoms. The topological polar surface area (TPSA) is 222 Å². The van der Waals surface area contributed by atoms with Gasteiger partial charge in [-0.05, 0) is 25.5 Å². The number of thioether (sulfide) groups is 1. The molecule has 1 aromatic carbocycles. The van der Waals surface area contributed by atoms with Gasteiger partial charge in [0.1, 0.15) is 28.0 Å². The number of benzene rings is 1. The average Bonchev–Trinajstić information content (AvgIpc) is 3.66. The van der Waals surface area contributed by atoms with Crippen molar-refractivity contribution in [2.24, 2.45) is 11.1 Å². The number of aliphatic carboxylic acids is 2. The third-order valence-corrected chi connectivity index (χ3v) is 11.8. The summed E-state index contributed by atoms with van der Waals surface area (Å²) >= 11 is 14.6. The van der Waals surface area contributed by atoms with E-state index in [2.05, 4.69) is 15.5 Å². The van der Waals surface area contributed by atoms with Crippen LogP contribution in [0, 0.1) is 12.8 Å². The van der Waals surface area contributed by atoms with Crippen molar-refractivity contribution < 1.29 is 48.6 Å². The molecule has 3 aliphatic heterocycles. The molecule has 2 amide bonds. The first-order chi connectivity index (χ1) is 23.6. The second-order valence-electron chi connectivity index (χ2n) is 12.3. The third-order valence-electron chi connectivity index (χ3n) is 8.98. The fourth-order valence-corrected chi connectivity index (χ4v) is 8.94. The van der Waals surface area contributed by atoms with Crippen molar-refractivity contribution in [3.63, 3.8) is 0 Å². The van der Waals surface area contributed by atoms with E-state index in [4.69, 9.17) is 33.8 Å². The van der Waals surface area contributed by atoms with E-state index in [0.717, 1.165) is 37.3 Å². The van der Waals surface area contributed by atoms with Crippen LogP contribution in [-0.2, 0) is 24.0 Å². The highest BCUT2D eigenvalue weighted by Crippen LogP contribution is 2.46. The van der Waals surface area contributed by atoms with Crippen LogP contribution >= 0.6 is 46.3 Å². The number of carboxylic acids is 2. The summed E-state index contributed by atoms with van der Waals surface area (Å²) in [7, 11) is 0. The maximum atomic E-state index is 13.5. The molecule has 0 bridgehead atoms. The van der Waals surface area contributed by atoms with Crippen LogP contribution in [0.4, 0.5) is 5.13 Å².